The van der Waals surface area contributed by atoms with E-state index < -0.39 is 0 Å². The Bertz CT molecular complexity index is 1020. The van der Waals surface area contributed by atoms with E-state index in [0.717, 1.165) is 17.6 Å². The molecule has 1 aromatic rings. The van der Waals surface area contributed by atoms with Gasteiger partial charge in [-0.2, -0.15) is 0 Å². The fraction of sp³-hybridized carbons (Fsp3) is 0.355. The van der Waals surface area contributed by atoms with Crippen LogP contribution in [0.1, 0.15) is 63.8 Å². The van der Waals surface area contributed by atoms with Crippen molar-refractivity contribution in [2.24, 2.45) is 11.3 Å². The van der Waals surface area contributed by atoms with Gasteiger partial charge in [0.05, 0.1) is 0 Å². The first-order valence-corrected chi connectivity index (χ1v) is 12.4. The monoisotopic (exact) mass is 444 g/mol. The molecule has 0 aliphatic rings. The quantitative estimate of drug-likeness (QED) is 0.270. The topological polar surface area (TPSA) is 0 Å². The first-order chi connectivity index (χ1) is 15.0. The number of aryl methyl sites for hydroxylation is 1. The third-order valence-electron chi connectivity index (χ3n) is 6.09. The minimum atomic E-state index is 0.232. The van der Waals surface area contributed by atoms with Crippen molar-refractivity contribution < 1.29 is 0 Å². The number of rotatable bonds is 9. The SMILES string of the molecule is C=C=C/C(=C/C)C(=C=C)/C=C(\C)c1cc(C)c(/C(C=C)=C/SC)cc1CC(C)C(C)(C)C. The lowest BCUT2D eigenvalue weighted by Gasteiger charge is -2.29. The van der Waals surface area contributed by atoms with Gasteiger partial charge in [0.2, 0.25) is 0 Å². The van der Waals surface area contributed by atoms with Crippen molar-refractivity contribution in [1.29, 1.82) is 0 Å². The Kier molecular flexibility index (Phi) is 10.8. The van der Waals surface area contributed by atoms with Gasteiger partial charge in [-0.1, -0.05) is 71.7 Å². The van der Waals surface area contributed by atoms with Crippen LogP contribution in [-0.2, 0) is 6.42 Å². The largest absolute Gasteiger partial charge is 0.137 e. The Balaban J connectivity index is 3.76. The van der Waals surface area contributed by atoms with E-state index in [1.54, 1.807) is 11.8 Å². The predicted molar refractivity (Wildman–Crippen MR) is 149 cm³/mol. The standard InChI is InChI=1S/C31H40S/c1-12-16-25(13-2)26(14-3)17-22(5)29-18-23(6)30(27(15-4)21-32-11)20-28(29)19-24(7)31(8,9)10/h13,15-18,20-21,24H,1,3-4,19H2,2,5-11H3/b22-17+,25-13-,27-21+. The Hall–Kier alpha value is -2.43. The Labute approximate surface area is 201 Å². The van der Waals surface area contributed by atoms with Gasteiger partial charge in [-0.15, -0.1) is 23.2 Å². The normalized spacial score (nSPS) is 13.8. The molecule has 1 unspecified atom stereocenters. The molecule has 0 spiro atoms. The zero-order valence-corrected chi connectivity index (χ0v) is 22.2. The van der Waals surface area contributed by atoms with E-state index in [9.17, 15) is 0 Å². The van der Waals surface area contributed by atoms with Crippen molar-refractivity contribution in [1.82, 2.24) is 0 Å². The first-order valence-electron chi connectivity index (χ1n) is 11.1. The number of thioether (sulfide) groups is 1. The summed E-state index contributed by atoms with van der Waals surface area (Å²) in [6, 6.07) is 4.69. The highest BCUT2D eigenvalue weighted by molar-refractivity contribution is 8.01. The van der Waals surface area contributed by atoms with Crippen LogP contribution in [0.15, 0.2) is 84.2 Å². The van der Waals surface area contributed by atoms with Gasteiger partial charge in [-0.05, 0) is 101 Å². The molecule has 0 amide bonds. The van der Waals surface area contributed by atoms with Gasteiger partial charge in [-0.25, -0.2) is 0 Å². The molecule has 1 heteroatoms. The van der Waals surface area contributed by atoms with Crippen molar-refractivity contribution in [2.45, 2.75) is 54.9 Å². The first kappa shape index (κ1) is 27.6. The van der Waals surface area contributed by atoms with Gasteiger partial charge >= 0.3 is 0 Å². The van der Waals surface area contributed by atoms with Gasteiger partial charge in [0.1, 0.15) is 0 Å². The number of hydrogen-bond acceptors (Lipinski definition) is 1. The minimum Gasteiger partial charge on any atom is -0.137 e. The van der Waals surface area contributed by atoms with Crippen molar-refractivity contribution >= 4 is 22.9 Å². The highest BCUT2D eigenvalue weighted by Crippen LogP contribution is 2.35. The maximum Gasteiger partial charge on any atom is 0.0236 e. The lowest BCUT2D eigenvalue weighted by molar-refractivity contribution is 0.260. The summed E-state index contributed by atoms with van der Waals surface area (Å²) in [5, 5.41) is 2.17. The molecule has 1 rings (SSSR count). The molecule has 0 radical (unpaired) electrons. The van der Waals surface area contributed by atoms with E-state index in [-0.39, 0.29) is 5.41 Å². The fourth-order valence-corrected chi connectivity index (χ4v) is 4.02. The van der Waals surface area contributed by atoms with Crippen LogP contribution in [0, 0.1) is 18.3 Å². The molecule has 0 heterocycles. The Morgan fingerprint density at radius 1 is 1.19 bits per heavy atom. The van der Waals surface area contributed by atoms with Crippen LogP contribution in [0.2, 0.25) is 0 Å². The van der Waals surface area contributed by atoms with Crippen LogP contribution in [0.3, 0.4) is 0 Å². The summed E-state index contributed by atoms with van der Waals surface area (Å²) in [6.45, 7) is 27.3. The van der Waals surface area contributed by atoms with E-state index in [1.165, 1.54) is 33.4 Å². The second-order valence-electron chi connectivity index (χ2n) is 9.32. The van der Waals surface area contributed by atoms with Crippen molar-refractivity contribution in [3.05, 3.63) is 106 Å². The molecule has 0 aliphatic heterocycles. The van der Waals surface area contributed by atoms with E-state index in [0.29, 0.717) is 5.92 Å². The highest BCUT2D eigenvalue weighted by Gasteiger charge is 2.22. The summed E-state index contributed by atoms with van der Waals surface area (Å²) < 4.78 is 0. The van der Waals surface area contributed by atoms with E-state index in [1.807, 2.05) is 25.2 Å². The van der Waals surface area contributed by atoms with Crippen LogP contribution < -0.4 is 0 Å². The van der Waals surface area contributed by atoms with Crippen LogP contribution in [-0.4, -0.2) is 6.26 Å². The molecule has 32 heavy (non-hydrogen) atoms. The summed E-state index contributed by atoms with van der Waals surface area (Å²) in [4.78, 5) is 0. The molecule has 1 atom stereocenters. The molecular formula is C31H40S. The Morgan fingerprint density at radius 2 is 1.84 bits per heavy atom. The Morgan fingerprint density at radius 3 is 2.31 bits per heavy atom. The van der Waals surface area contributed by atoms with Gasteiger partial charge in [0.25, 0.3) is 0 Å². The molecule has 0 aromatic heterocycles. The third-order valence-corrected chi connectivity index (χ3v) is 6.58. The third kappa shape index (κ3) is 7.32. The molecule has 0 saturated carbocycles. The summed E-state index contributed by atoms with van der Waals surface area (Å²) in [5.74, 6) is 0.533. The van der Waals surface area contributed by atoms with Crippen LogP contribution in [0.5, 0.6) is 0 Å². The summed E-state index contributed by atoms with van der Waals surface area (Å²) in [7, 11) is 0. The van der Waals surface area contributed by atoms with Crippen molar-refractivity contribution in [2.75, 3.05) is 6.26 Å². The van der Waals surface area contributed by atoms with Crippen molar-refractivity contribution in [3.8, 4) is 0 Å². The zero-order chi connectivity index (χ0) is 24.5. The molecular weight excluding hydrogens is 404 g/mol. The highest BCUT2D eigenvalue weighted by atomic mass is 32.2. The molecule has 170 valence electrons. The van der Waals surface area contributed by atoms with Gasteiger partial charge in [-0.3, -0.25) is 0 Å². The lowest BCUT2D eigenvalue weighted by atomic mass is 9.77. The smallest absolute Gasteiger partial charge is 0.0236 e. The lowest BCUT2D eigenvalue weighted by Crippen LogP contribution is -2.20. The summed E-state index contributed by atoms with van der Waals surface area (Å²) in [5.41, 5.74) is 15.7. The number of allylic oxidation sites excluding steroid dienone is 8. The average Bonchev–Trinajstić information content (AvgIpc) is 2.74. The van der Waals surface area contributed by atoms with Crippen LogP contribution >= 0.6 is 11.8 Å². The van der Waals surface area contributed by atoms with Crippen molar-refractivity contribution in [3.63, 3.8) is 0 Å². The number of benzene rings is 1. The second kappa shape index (κ2) is 12.6. The molecule has 1 aromatic carbocycles. The number of hydrogen-bond donors (Lipinski definition) is 0. The average molecular weight is 445 g/mol. The molecule has 0 bridgehead atoms. The predicted octanol–water partition coefficient (Wildman–Crippen LogP) is 9.51. The van der Waals surface area contributed by atoms with Crippen LogP contribution in [0.4, 0.5) is 0 Å². The maximum atomic E-state index is 4.05. The molecule has 0 saturated heterocycles. The zero-order valence-electron chi connectivity index (χ0n) is 21.4. The van der Waals surface area contributed by atoms with E-state index in [4.69, 9.17) is 0 Å². The second-order valence-corrected chi connectivity index (χ2v) is 10.0. The maximum absolute atomic E-state index is 4.05. The van der Waals surface area contributed by atoms with E-state index >= 15 is 0 Å². The van der Waals surface area contributed by atoms with E-state index in [2.05, 4.69) is 103 Å². The molecule has 0 aliphatic carbocycles. The van der Waals surface area contributed by atoms with Gasteiger partial charge < -0.3 is 0 Å². The van der Waals surface area contributed by atoms with Gasteiger partial charge in [0, 0.05) is 5.57 Å². The van der Waals surface area contributed by atoms with Gasteiger partial charge in [0.15, 0.2) is 0 Å². The minimum absolute atomic E-state index is 0.232. The molecule has 0 N–H and O–H groups in total. The fourth-order valence-electron chi connectivity index (χ4n) is 3.54. The molecule has 0 fully saturated rings. The summed E-state index contributed by atoms with van der Waals surface area (Å²) in [6.07, 6.45) is 11.1. The summed E-state index contributed by atoms with van der Waals surface area (Å²) >= 11 is 1.71. The van der Waals surface area contributed by atoms with Crippen LogP contribution in [0.25, 0.3) is 11.1 Å². The molecule has 0 nitrogen and oxygen atoms in total.